The van der Waals surface area contributed by atoms with Crippen molar-refractivity contribution in [2.24, 2.45) is 0 Å². The summed E-state index contributed by atoms with van der Waals surface area (Å²) in [7, 11) is -3.51. The number of fused-ring (bicyclic) bond motifs is 2. The van der Waals surface area contributed by atoms with E-state index in [9.17, 15) is 13.2 Å². The van der Waals surface area contributed by atoms with Crippen molar-refractivity contribution in [1.82, 2.24) is 14.5 Å². The van der Waals surface area contributed by atoms with Crippen LogP contribution in [-0.4, -0.2) is 28.8 Å². The van der Waals surface area contributed by atoms with Gasteiger partial charge in [-0.1, -0.05) is 66.7 Å². The molecule has 5 rings (SSSR count). The van der Waals surface area contributed by atoms with Crippen LogP contribution in [0.4, 0.5) is 5.82 Å². The molecule has 31 heavy (non-hydrogen) atoms. The largest absolute Gasteiger partial charge is 0.307 e. The highest BCUT2D eigenvalue weighted by Crippen LogP contribution is 2.30. The van der Waals surface area contributed by atoms with Crippen LogP contribution < -0.4 is 5.32 Å². The van der Waals surface area contributed by atoms with Crippen LogP contribution >= 0.6 is 0 Å². The highest BCUT2D eigenvalue weighted by Gasteiger charge is 2.33. The van der Waals surface area contributed by atoms with E-state index in [0.717, 1.165) is 16.3 Å². The zero-order chi connectivity index (χ0) is 21.4. The minimum atomic E-state index is -3.51. The number of aromatic nitrogens is 2. The Morgan fingerprint density at radius 3 is 2.55 bits per heavy atom. The summed E-state index contributed by atoms with van der Waals surface area (Å²) in [5.41, 5.74) is 2.61. The Bertz CT molecular complexity index is 1380. The maximum atomic E-state index is 13.0. The average molecular weight is 433 g/mol. The van der Waals surface area contributed by atoms with Crippen molar-refractivity contribution >= 4 is 32.5 Å². The van der Waals surface area contributed by atoms with E-state index >= 15 is 0 Å². The van der Waals surface area contributed by atoms with Crippen LogP contribution in [0, 0.1) is 0 Å². The first-order valence-corrected chi connectivity index (χ1v) is 11.5. The zero-order valence-corrected chi connectivity index (χ0v) is 17.4. The van der Waals surface area contributed by atoms with Crippen LogP contribution in [0.1, 0.15) is 27.2 Å². The number of carbonyl (C=O) groups is 1. The van der Waals surface area contributed by atoms with Crippen LogP contribution in [0.15, 0.2) is 72.8 Å². The summed E-state index contributed by atoms with van der Waals surface area (Å²) in [6.07, 6.45) is 0. The summed E-state index contributed by atoms with van der Waals surface area (Å²) in [5, 5.41) is 11.8. The van der Waals surface area contributed by atoms with Gasteiger partial charge in [-0.15, -0.1) is 0 Å². The number of hydrogen-bond donors (Lipinski definition) is 2. The Balaban J connectivity index is 1.36. The first-order chi connectivity index (χ1) is 15.0. The van der Waals surface area contributed by atoms with E-state index in [4.69, 9.17) is 0 Å². The van der Waals surface area contributed by atoms with Crippen LogP contribution in [0.3, 0.4) is 0 Å². The number of benzene rings is 3. The third kappa shape index (κ3) is 3.71. The molecule has 0 saturated heterocycles. The Labute approximate surface area is 179 Å². The van der Waals surface area contributed by atoms with Crippen LogP contribution in [-0.2, 0) is 28.9 Å². The third-order valence-electron chi connectivity index (χ3n) is 5.47. The summed E-state index contributed by atoms with van der Waals surface area (Å²) in [5.74, 6) is 0.0960. The lowest BCUT2D eigenvalue weighted by Crippen LogP contribution is -2.27. The minimum absolute atomic E-state index is 0.0699. The van der Waals surface area contributed by atoms with Crippen molar-refractivity contribution in [2.75, 3.05) is 5.32 Å². The van der Waals surface area contributed by atoms with E-state index in [0.29, 0.717) is 22.6 Å². The number of nitrogens with zero attached hydrogens (tertiary/aromatic N) is 2. The average Bonchev–Trinajstić information content (AvgIpc) is 3.36. The summed E-state index contributed by atoms with van der Waals surface area (Å²) in [4.78, 5) is 13.0. The quantitative estimate of drug-likeness (QED) is 0.503. The molecule has 156 valence electrons. The molecule has 2 heterocycles. The van der Waals surface area contributed by atoms with Crippen LogP contribution in [0.2, 0.25) is 0 Å². The molecule has 3 aromatic carbocycles. The maximum absolute atomic E-state index is 13.0. The number of rotatable bonds is 5. The molecule has 0 fully saturated rings. The van der Waals surface area contributed by atoms with Gasteiger partial charge in [0.25, 0.3) is 5.91 Å². The number of carbonyl (C=O) groups excluding carboxylic acids is 1. The number of nitrogens with one attached hydrogen (secondary N) is 2. The van der Waals surface area contributed by atoms with Crippen molar-refractivity contribution in [3.8, 4) is 0 Å². The second-order valence-electron chi connectivity index (χ2n) is 7.51. The fourth-order valence-corrected chi connectivity index (χ4v) is 5.32. The molecular formula is C23H20N4O3S. The minimum Gasteiger partial charge on any atom is -0.307 e. The lowest BCUT2D eigenvalue weighted by atomic mass is 10.0. The SMILES string of the molecule is O=C(Nc1[nH]nc2c1CN(S(=O)(=O)Cc1ccccc1)C2)c1cccc2ccccc12. The highest BCUT2D eigenvalue weighted by molar-refractivity contribution is 7.88. The molecule has 1 amide bonds. The molecule has 0 aliphatic carbocycles. The van der Waals surface area contributed by atoms with Crippen molar-refractivity contribution in [2.45, 2.75) is 18.8 Å². The van der Waals surface area contributed by atoms with E-state index in [1.807, 2.05) is 54.6 Å². The van der Waals surface area contributed by atoms with Crippen LogP contribution in [0.5, 0.6) is 0 Å². The molecule has 0 unspecified atom stereocenters. The molecule has 8 heteroatoms. The number of aromatic amines is 1. The standard InChI is InChI=1S/C23H20N4O3S/c28-23(19-12-6-10-17-9-4-5-11-18(17)19)24-22-20-13-27(14-21(20)25-26-22)31(29,30)15-16-7-2-1-3-8-16/h1-12H,13-15H2,(H2,24,25,26,28). The van der Waals surface area contributed by atoms with E-state index in [2.05, 4.69) is 15.5 Å². The Kier molecular flexibility index (Phi) is 4.80. The van der Waals surface area contributed by atoms with Gasteiger partial charge in [0.15, 0.2) is 0 Å². The highest BCUT2D eigenvalue weighted by atomic mass is 32.2. The van der Waals surface area contributed by atoms with Crippen molar-refractivity contribution in [3.05, 3.63) is 95.2 Å². The number of hydrogen-bond acceptors (Lipinski definition) is 4. The predicted octanol–water partition coefficient (Wildman–Crippen LogP) is 3.66. The Hall–Kier alpha value is -3.49. The molecule has 0 atom stereocenters. The molecule has 0 spiro atoms. The van der Waals surface area contributed by atoms with E-state index < -0.39 is 10.0 Å². The molecule has 0 saturated carbocycles. The monoisotopic (exact) mass is 432 g/mol. The van der Waals surface area contributed by atoms with Gasteiger partial charge in [-0.25, -0.2) is 8.42 Å². The normalized spacial score (nSPS) is 13.9. The fourth-order valence-electron chi connectivity index (χ4n) is 3.88. The smallest absolute Gasteiger partial charge is 0.257 e. The molecule has 0 radical (unpaired) electrons. The summed E-state index contributed by atoms with van der Waals surface area (Å²) in [6.45, 7) is 0.358. The summed E-state index contributed by atoms with van der Waals surface area (Å²) >= 11 is 0. The predicted molar refractivity (Wildman–Crippen MR) is 119 cm³/mol. The molecule has 2 N–H and O–H groups in total. The van der Waals surface area contributed by atoms with Crippen molar-refractivity contribution in [1.29, 1.82) is 0 Å². The molecule has 1 aliphatic heterocycles. The number of H-pyrrole nitrogens is 1. The van der Waals surface area contributed by atoms with Crippen molar-refractivity contribution < 1.29 is 13.2 Å². The zero-order valence-electron chi connectivity index (χ0n) is 16.6. The molecule has 1 aromatic heterocycles. The number of anilines is 1. The first kappa shape index (κ1) is 19.5. The van der Waals surface area contributed by atoms with Gasteiger partial charge in [-0.2, -0.15) is 9.40 Å². The number of sulfonamides is 1. The molecule has 1 aliphatic rings. The Morgan fingerprint density at radius 1 is 0.968 bits per heavy atom. The van der Waals surface area contributed by atoms with Gasteiger partial charge in [-0.3, -0.25) is 9.89 Å². The molecular weight excluding hydrogens is 412 g/mol. The Morgan fingerprint density at radius 2 is 1.71 bits per heavy atom. The molecule has 7 nitrogen and oxygen atoms in total. The van der Waals surface area contributed by atoms with Gasteiger partial charge in [-0.05, 0) is 22.4 Å². The van der Waals surface area contributed by atoms with E-state index in [-0.39, 0.29) is 24.7 Å². The lowest BCUT2D eigenvalue weighted by molar-refractivity contribution is 0.102. The second kappa shape index (κ2) is 7.64. The fraction of sp³-hybridized carbons (Fsp3) is 0.130. The first-order valence-electron chi connectivity index (χ1n) is 9.88. The van der Waals surface area contributed by atoms with E-state index in [1.54, 1.807) is 18.2 Å². The molecule has 4 aromatic rings. The summed E-state index contributed by atoms with van der Waals surface area (Å²) < 4.78 is 27.1. The van der Waals surface area contributed by atoms with Gasteiger partial charge >= 0.3 is 0 Å². The van der Waals surface area contributed by atoms with E-state index in [1.165, 1.54) is 4.31 Å². The third-order valence-corrected chi connectivity index (χ3v) is 7.21. The maximum Gasteiger partial charge on any atom is 0.257 e. The second-order valence-corrected chi connectivity index (χ2v) is 9.48. The van der Waals surface area contributed by atoms with Gasteiger partial charge in [0.1, 0.15) is 5.82 Å². The number of amides is 1. The van der Waals surface area contributed by atoms with Gasteiger partial charge < -0.3 is 5.32 Å². The summed E-state index contributed by atoms with van der Waals surface area (Å²) in [6, 6.07) is 22.3. The van der Waals surface area contributed by atoms with Crippen molar-refractivity contribution in [3.63, 3.8) is 0 Å². The lowest BCUT2D eigenvalue weighted by Gasteiger charge is -2.16. The van der Waals surface area contributed by atoms with Gasteiger partial charge in [0, 0.05) is 17.7 Å². The van der Waals surface area contributed by atoms with Gasteiger partial charge in [0.05, 0.1) is 18.0 Å². The topological polar surface area (TPSA) is 95.2 Å². The van der Waals surface area contributed by atoms with Gasteiger partial charge in [0.2, 0.25) is 10.0 Å². The van der Waals surface area contributed by atoms with Crippen LogP contribution in [0.25, 0.3) is 10.8 Å². The molecule has 0 bridgehead atoms.